The first-order valence-electron chi connectivity index (χ1n) is 8.83. The number of methoxy groups -OCH3 is 1. The van der Waals surface area contributed by atoms with Crippen molar-refractivity contribution >= 4 is 48.7 Å². The van der Waals surface area contributed by atoms with E-state index in [1.54, 1.807) is 28.8 Å². The lowest BCUT2D eigenvalue weighted by atomic mass is 9.98. The molecule has 0 radical (unpaired) electrons. The summed E-state index contributed by atoms with van der Waals surface area (Å²) in [5.74, 6) is -1.10. The van der Waals surface area contributed by atoms with Crippen molar-refractivity contribution < 1.29 is 32.2 Å². The van der Waals surface area contributed by atoms with Crippen molar-refractivity contribution in [2.24, 2.45) is 0 Å². The van der Waals surface area contributed by atoms with E-state index in [0.29, 0.717) is 27.6 Å². The Kier molecular flexibility index (Phi) is 4.60. The first-order chi connectivity index (χ1) is 13.8. The van der Waals surface area contributed by atoms with Crippen LogP contribution in [0.4, 0.5) is 0 Å². The number of carboxylic acids is 1. The van der Waals surface area contributed by atoms with Gasteiger partial charge >= 0.3 is 5.97 Å². The lowest BCUT2D eigenvalue weighted by Gasteiger charge is -2.11. The van der Waals surface area contributed by atoms with Gasteiger partial charge in [0.25, 0.3) is 10.1 Å². The minimum Gasteiger partial charge on any atom is -0.497 e. The molecule has 1 aromatic heterocycles. The smallest absolute Gasteiger partial charge is 0.337 e. The Balaban J connectivity index is 2.19. The summed E-state index contributed by atoms with van der Waals surface area (Å²) in [6, 6.07) is 16.2. The quantitative estimate of drug-likeness (QED) is 0.297. The summed E-state index contributed by atoms with van der Waals surface area (Å²) in [4.78, 5) is 12.2. The third kappa shape index (κ3) is 3.48. The summed E-state index contributed by atoms with van der Waals surface area (Å²) in [6.07, 6.45) is 0. The number of ether oxygens (including phenoxy) is 1. The van der Waals surface area contributed by atoms with Crippen LogP contribution in [0.1, 0.15) is 10.4 Å². The number of hydrogen-bond donors (Lipinski definition) is 2. The van der Waals surface area contributed by atoms with E-state index in [9.17, 15) is 22.9 Å². The van der Waals surface area contributed by atoms with E-state index in [2.05, 4.69) is 0 Å². The summed E-state index contributed by atoms with van der Waals surface area (Å²) in [7, 11) is -2.71. The minimum atomic E-state index is -4.20. The molecule has 148 valence electrons. The van der Waals surface area contributed by atoms with Crippen molar-refractivity contribution in [2.45, 2.75) is 6.54 Å². The van der Waals surface area contributed by atoms with Gasteiger partial charge in [-0.1, -0.05) is 24.3 Å². The van der Waals surface area contributed by atoms with Crippen molar-refractivity contribution in [2.75, 3.05) is 12.9 Å². The lowest BCUT2D eigenvalue weighted by molar-refractivity contribution is -0.640. The van der Waals surface area contributed by atoms with Crippen LogP contribution in [0.5, 0.6) is 5.75 Å². The molecule has 0 aliphatic heterocycles. The van der Waals surface area contributed by atoms with Gasteiger partial charge in [-0.3, -0.25) is 4.55 Å². The maximum Gasteiger partial charge on any atom is 0.337 e. The Hall–Kier alpha value is -3.23. The maximum atomic E-state index is 12.2. The van der Waals surface area contributed by atoms with E-state index in [-0.39, 0.29) is 12.1 Å². The molecule has 4 aromatic rings. The van der Waals surface area contributed by atoms with Crippen LogP contribution in [-0.4, -0.2) is 36.9 Å². The van der Waals surface area contributed by atoms with Crippen molar-refractivity contribution in [1.82, 2.24) is 0 Å². The number of aromatic carboxylic acids is 1. The average molecular weight is 412 g/mol. The molecule has 0 saturated carbocycles. The van der Waals surface area contributed by atoms with Gasteiger partial charge in [0.05, 0.1) is 23.4 Å². The SMILES string of the molecule is COc1ccc2c(c1)c(C(=O)O)c1cc3ccccc3cc1[n+]2CCS(=O)(=O)O. The average Bonchev–Trinajstić information content (AvgIpc) is 2.68. The fourth-order valence-electron chi connectivity index (χ4n) is 3.68. The largest absolute Gasteiger partial charge is 0.497 e. The van der Waals surface area contributed by atoms with Crippen LogP contribution in [0.2, 0.25) is 0 Å². The highest BCUT2D eigenvalue weighted by atomic mass is 32.2. The molecule has 8 heteroatoms. The van der Waals surface area contributed by atoms with E-state index >= 15 is 0 Å². The number of carboxylic acid groups (broad SMARTS) is 1. The zero-order valence-corrected chi connectivity index (χ0v) is 16.3. The predicted molar refractivity (Wildman–Crippen MR) is 109 cm³/mol. The molecule has 4 rings (SSSR count). The van der Waals surface area contributed by atoms with Gasteiger partial charge in [0.1, 0.15) is 11.5 Å². The summed E-state index contributed by atoms with van der Waals surface area (Å²) >= 11 is 0. The van der Waals surface area contributed by atoms with Crippen LogP contribution >= 0.6 is 0 Å². The maximum absolute atomic E-state index is 12.2. The molecule has 0 fully saturated rings. The van der Waals surface area contributed by atoms with Gasteiger partial charge in [0, 0.05) is 12.1 Å². The van der Waals surface area contributed by atoms with Gasteiger partial charge in [-0.15, -0.1) is 0 Å². The Bertz CT molecular complexity index is 1400. The molecule has 1 heterocycles. The van der Waals surface area contributed by atoms with Crippen LogP contribution in [0.25, 0.3) is 32.6 Å². The molecule has 0 aliphatic rings. The summed E-state index contributed by atoms with van der Waals surface area (Å²) < 4.78 is 39.0. The molecule has 0 amide bonds. The molecule has 0 spiro atoms. The molecule has 0 bridgehead atoms. The standard InChI is InChI=1S/C21H17NO6S/c1-28-15-6-7-18-17(12-15)20(21(23)24)16-10-13-4-2-3-5-14(13)11-19(16)22(18)8-9-29(25,26)27/h2-7,10-12H,8-9H2,1H3,(H-,23,24,25,26,27)/p+1. The molecule has 0 saturated heterocycles. The predicted octanol–water partition coefficient (Wildman–Crippen LogP) is 3.03. The topological polar surface area (TPSA) is 105 Å². The van der Waals surface area contributed by atoms with Gasteiger partial charge in [-0.2, -0.15) is 13.0 Å². The number of aromatic nitrogens is 1. The van der Waals surface area contributed by atoms with Gasteiger partial charge < -0.3 is 9.84 Å². The number of benzene rings is 3. The van der Waals surface area contributed by atoms with Crippen molar-refractivity contribution in [3.8, 4) is 5.75 Å². The number of nitrogens with zero attached hydrogens (tertiary/aromatic N) is 1. The molecular formula is C21H18NO6S+. The fourth-order valence-corrected chi connectivity index (χ4v) is 4.10. The van der Waals surface area contributed by atoms with E-state index in [0.717, 1.165) is 10.8 Å². The summed E-state index contributed by atoms with van der Waals surface area (Å²) in [6.45, 7) is -0.0313. The van der Waals surface area contributed by atoms with Gasteiger partial charge in [-0.05, 0) is 29.0 Å². The molecule has 3 aromatic carbocycles. The first-order valence-corrected chi connectivity index (χ1v) is 10.4. The summed E-state index contributed by atoms with van der Waals surface area (Å²) in [5, 5.41) is 12.6. The van der Waals surface area contributed by atoms with E-state index in [1.807, 2.05) is 30.3 Å². The van der Waals surface area contributed by atoms with Crippen LogP contribution in [0, 0.1) is 0 Å². The van der Waals surface area contributed by atoms with Crippen LogP contribution in [-0.2, 0) is 16.7 Å². The highest BCUT2D eigenvalue weighted by Crippen LogP contribution is 2.31. The molecule has 0 unspecified atom stereocenters. The Morgan fingerprint density at radius 3 is 2.28 bits per heavy atom. The van der Waals surface area contributed by atoms with E-state index in [1.165, 1.54) is 7.11 Å². The highest BCUT2D eigenvalue weighted by molar-refractivity contribution is 7.85. The van der Waals surface area contributed by atoms with E-state index in [4.69, 9.17) is 4.74 Å². The molecule has 7 nitrogen and oxygen atoms in total. The molecule has 29 heavy (non-hydrogen) atoms. The normalized spacial score (nSPS) is 11.9. The molecule has 2 N–H and O–H groups in total. The minimum absolute atomic E-state index is 0.0313. The van der Waals surface area contributed by atoms with Gasteiger partial charge in [0.2, 0.25) is 11.0 Å². The second kappa shape index (κ2) is 6.98. The van der Waals surface area contributed by atoms with E-state index < -0.39 is 21.8 Å². The van der Waals surface area contributed by atoms with Crippen LogP contribution in [0.3, 0.4) is 0 Å². The number of fused-ring (bicyclic) bond motifs is 3. The number of rotatable bonds is 5. The van der Waals surface area contributed by atoms with Crippen LogP contribution in [0.15, 0.2) is 54.6 Å². The number of hydrogen-bond acceptors (Lipinski definition) is 4. The first kappa shape index (κ1) is 19.1. The number of aryl methyl sites for hydroxylation is 1. The second-order valence-electron chi connectivity index (χ2n) is 6.72. The van der Waals surface area contributed by atoms with Crippen LogP contribution < -0.4 is 9.30 Å². The lowest BCUT2D eigenvalue weighted by Crippen LogP contribution is -2.39. The third-order valence-electron chi connectivity index (χ3n) is 4.97. The van der Waals surface area contributed by atoms with Crippen molar-refractivity contribution in [1.29, 1.82) is 0 Å². The number of pyridine rings is 1. The Morgan fingerprint density at radius 2 is 1.66 bits per heavy atom. The Labute approximate surface area is 166 Å². The monoisotopic (exact) mass is 412 g/mol. The fraction of sp³-hybridized carbons (Fsp3) is 0.143. The van der Waals surface area contributed by atoms with Gasteiger partial charge in [-0.25, -0.2) is 4.79 Å². The third-order valence-corrected chi connectivity index (χ3v) is 5.67. The zero-order valence-electron chi connectivity index (χ0n) is 15.5. The molecule has 0 atom stereocenters. The van der Waals surface area contributed by atoms with Crippen molar-refractivity contribution in [3.63, 3.8) is 0 Å². The highest BCUT2D eigenvalue weighted by Gasteiger charge is 2.26. The zero-order chi connectivity index (χ0) is 20.8. The van der Waals surface area contributed by atoms with Crippen molar-refractivity contribution in [3.05, 3.63) is 60.2 Å². The van der Waals surface area contributed by atoms with Gasteiger partial charge in [0.15, 0.2) is 6.54 Å². The number of carbonyl (C=O) groups is 1. The second-order valence-corrected chi connectivity index (χ2v) is 8.29. The molecule has 0 aliphatic carbocycles. The Morgan fingerprint density at radius 1 is 1.00 bits per heavy atom. The summed E-state index contributed by atoms with van der Waals surface area (Å²) in [5.41, 5.74) is 1.22. The molecular weight excluding hydrogens is 394 g/mol.